The van der Waals surface area contributed by atoms with E-state index in [0.717, 1.165) is 0 Å². The zero-order valence-corrected chi connectivity index (χ0v) is 12.2. The normalized spacial score (nSPS) is 21.0. The van der Waals surface area contributed by atoms with Crippen LogP contribution < -0.4 is 11.1 Å². The number of hydrogen-bond donors (Lipinski definition) is 3. The number of primary amides is 1. The third kappa shape index (κ3) is 5.22. The quantitative estimate of drug-likeness (QED) is 0.535. The molecule has 0 aromatic heterocycles. The second-order valence-electron chi connectivity index (χ2n) is 4.99. The Kier molecular flexibility index (Phi) is 6.93. The third-order valence-corrected chi connectivity index (χ3v) is 3.50. The summed E-state index contributed by atoms with van der Waals surface area (Å²) < 4.78 is 5.18. The highest BCUT2D eigenvalue weighted by Gasteiger charge is 2.39. The third-order valence-electron chi connectivity index (χ3n) is 3.50. The number of carboxylic acid groups (broad SMARTS) is 1. The van der Waals surface area contributed by atoms with Crippen molar-refractivity contribution in [3.8, 4) is 0 Å². The Morgan fingerprint density at radius 3 is 2.62 bits per heavy atom. The van der Waals surface area contributed by atoms with Crippen molar-refractivity contribution in [2.24, 2.45) is 11.7 Å². The van der Waals surface area contributed by atoms with Crippen LogP contribution in [0.2, 0.25) is 0 Å². The number of amides is 3. The van der Waals surface area contributed by atoms with Crippen LogP contribution in [-0.4, -0.2) is 60.3 Å². The van der Waals surface area contributed by atoms with Gasteiger partial charge in [0.25, 0.3) is 0 Å². The van der Waals surface area contributed by atoms with E-state index in [4.69, 9.17) is 15.6 Å². The Labute approximate surface area is 123 Å². The van der Waals surface area contributed by atoms with E-state index in [1.54, 1.807) is 6.92 Å². The molecule has 1 heterocycles. The highest BCUT2D eigenvalue weighted by Crippen LogP contribution is 2.20. The second-order valence-corrected chi connectivity index (χ2v) is 4.99. The number of carbonyl (C=O) groups is 3. The molecule has 120 valence electrons. The van der Waals surface area contributed by atoms with Crippen molar-refractivity contribution in [1.82, 2.24) is 10.2 Å². The first-order chi connectivity index (χ1) is 9.97. The van der Waals surface area contributed by atoms with Crippen molar-refractivity contribution in [3.63, 3.8) is 0 Å². The summed E-state index contributed by atoms with van der Waals surface area (Å²) in [6.07, 6.45) is 1.56. The van der Waals surface area contributed by atoms with E-state index in [1.165, 1.54) is 4.90 Å². The summed E-state index contributed by atoms with van der Waals surface area (Å²) in [5.74, 6) is -2.00. The van der Waals surface area contributed by atoms with Crippen LogP contribution in [0.4, 0.5) is 4.79 Å². The molecule has 8 nitrogen and oxygen atoms in total. The van der Waals surface area contributed by atoms with Gasteiger partial charge in [0.15, 0.2) is 0 Å². The molecule has 0 aromatic rings. The summed E-state index contributed by atoms with van der Waals surface area (Å²) in [7, 11) is 0. The van der Waals surface area contributed by atoms with Crippen molar-refractivity contribution in [2.45, 2.75) is 32.2 Å². The SMILES string of the molecule is CCN(C(=O)NCCCCC(N)=O)C1COCC1C(=O)O. The lowest BCUT2D eigenvalue weighted by molar-refractivity contribution is -0.142. The van der Waals surface area contributed by atoms with Crippen LogP contribution in [0.1, 0.15) is 26.2 Å². The van der Waals surface area contributed by atoms with Gasteiger partial charge in [-0.2, -0.15) is 0 Å². The van der Waals surface area contributed by atoms with Gasteiger partial charge in [-0.05, 0) is 19.8 Å². The number of aliphatic carboxylic acids is 1. The van der Waals surface area contributed by atoms with Crippen LogP contribution in [0.15, 0.2) is 0 Å². The number of nitrogens with one attached hydrogen (secondary N) is 1. The van der Waals surface area contributed by atoms with Crippen molar-refractivity contribution in [2.75, 3.05) is 26.3 Å². The summed E-state index contributed by atoms with van der Waals surface area (Å²) in [5.41, 5.74) is 5.03. The molecule has 1 aliphatic heterocycles. The molecule has 0 spiro atoms. The molecule has 0 aromatic carbocycles. The van der Waals surface area contributed by atoms with Crippen LogP contribution >= 0.6 is 0 Å². The molecule has 0 saturated carbocycles. The minimum atomic E-state index is -0.954. The number of urea groups is 1. The lowest BCUT2D eigenvalue weighted by Crippen LogP contribution is -2.50. The van der Waals surface area contributed by atoms with Gasteiger partial charge in [-0.15, -0.1) is 0 Å². The molecule has 1 saturated heterocycles. The van der Waals surface area contributed by atoms with Crippen LogP contribution in [-0.2, 0) is 14.3 Å². The van der Waals surface area contributed by atoms with Gasteiger partial charge in [0.2, 0.25) is 5.91 Å². The Balaban J connectivity index is 2.42. The van der Waals surface area contributed by atoms with E-state index < -0.39 is 17.9 Å². The number of nitrogens with zero attached hydrogens (tertiary/aromatic N) is 1. The number of ether oxygens (including phenoxy) is 1. The summed E-state index contributed by atoms with van der Waals surface area (Å²) in [6.45, 7) is 2.99. The summed E-state index contributed by atoms with van der Waals surface area (Å²) in [4.78, 5) is 35.3. The van der Waals surface area contributed by atoms with Crippen molar-refractivity contribution >= 4 is 17.9 Å². The molecule has 0 bridgehead atoms. The number of likely N-dealkylation sites (N-methyl/N-ethyl adjacent to an activating group) is 1. The van der Waals surface area contributed by atoms with Crippen molar-refractivity contribution in [3.05, 3.63) is 0 Å². The molecular weight excluding hydrogens is 278 g/mol. The average molecular weight is 301 g/mol. The molecule has 0 aliphatic carbocycles. The molecule has 4 N–H and O–H groups in total. The summed E-state index contributed by atoms with van der Waals surface area (Å²) in [5, 5.41) is 11.9. The molecule has 0 radical (unpaired) electrons. The molecular formula is C13H23N3O5. The van der Waals surface area contributed by atoms with Gasteiger partial charge >= 0.3 is 12.0 Å². The zero-order valence-electron chi connectivity index (χ0n) is 12.2. The largest absolute Gasteiger partial charge is 0.481 e. The number of carbonyl (C=O) groups excluding carboxylic acids is 2. The number of nitrogens with two attached hydrogens (primary N) is 1. The Bertz CT molecular complexity index is 388. The van der Waals surface area contributed by atoms with Gasteiger partial charge in [-0.3, -0.25) is 9.59 Å². The maximum atomic E-state index is 12.1. The number of hydrogen-bond acceptors (Lipinski definition) is 4. The number of rotatable bonds is 8. The fraction of sp³-hybridized carbons (Fsp3) is 0.769. The second kappa shape index (κ2) is 8.46. The molecule has 21 heavy (non-hydrogen) atoms. The maximum absolute atomic E-state index is 12.1. The standard InChI is InChI=1S/C13H23N3O5/c1-2-16(10-8-21-7-9(10)12(18)19)13(20)15-6-4-3-5-11(14)17/h9-10H,2-8H2,1H3,(H2,14,17)(H,15,20)(H,18,19). The number of carboxylic acids is 1. The van der Waals surface area contributed by atoms with Gasteiger partial charge in [0.1, 0.15) is 5.92 Å². The van der Waals surface area contributed by atoms with Crippen LogP contribution in [0.25, 0.3) is 0 Å². The van der Waals surface area contributed by atoms with E-state index in [-0.39, 0.29) is 25.2 Å². The van der Waals surface area contributed by atoms with Crippen LogP contribution in [0.5, 0.6) is 0 Å². The minimum absolute atomic E-state index is 0.127. The molecule has 1 rings (SSSR count). The smallest absolute Gasteiger partial charge is 0.317 e. The van der Waals surface area contributed by atoms with Gasteiger partial charge in [-0.1, -0.05) is 0 Å². The molecule has 1 aliphatic rings. The van der Waals surface area contributed by atoms with Gasteiger partial charge in [-0.25, -0.2) is 4.79 Å². The highest BCUT2D eigenvalue weighted by atomic mass is 16.5. The lowest BCUT2D eigenvalue weighted by atomic mass is 10.0. The lowest BCUT2D eigenvalue weighted by Gasteiger charge is -2.29. The van der Waals surface area contributed by atoms with Crippen molar-refractivity contribution < 1.29 is 24.2 Å². The first-order valence-electron chi connectivity index (χ1n) is 7.10. The molecule has 8 heteroatoms. The predicted octanol–water partition coefficient (Wildman–Crippen LogP) is -0.227. The van der Waals surface area contributed by atoms with Crippen LogP contribution in [0, 0.1) is 5.92 Å². The topological polar surface area (TPSA) is 122 Å². The molecule has 2 atom stereocenters. The first kappa shape index (κ1) is 17.2. The Morgan fingerprint density at radius 2 is 2.05 bits per heavy atom. The Hall–Kier alpha value is -1.83. The number of unbranched alkanes of at least 4 members (excludes halogenated alkanes) is 1. The fourth-order valence-electron chi connectivity index (χ4n) is 2.34. The van der Waals surface area contributed by atoms with Crippen LogP contribution in [0.3, 0.4) is 0 Å². The molecule has 1 fully saturated rings. The fourth-order valence-corrected chi connectivity index (χ4v) is 2.34. The van der Waals surface area contributed by atoms with Gasteiger partial charge in [0, 0.05) is 19.5 Å². The van der Waals surface area contributed by atoms with E-state index in [9.17, 15) is 14.4 Å². The molecule has 2 unspecified atom stereocenters. The maximum Gasteiger partial charge on any atom is 0.317 e. The Morgan fingerprint density at radius 1 is 1.33 bits per heavy atom. The monoisotopic (exact) mass is 301 g/mol. The highest BCUT2D eigenvalue weighted by molar-refractivity contribution is 5.77. The minimum Gasteiger partial charge on any atom is -0.481 e. The van der Waals surface area contributed by atoms with Gasteiger partial charge < -0.3 is 25.8 Å². The van der Waals surface area contributed by atoms with E-state index in [1.807, 2.05) is 0 Å². The summed E-state index contributed by atoms with van der Waals surface area (Å²) in [6, 6.07) is -0.753. The average Bonchev–Trinajstić information content (AvgIpc) is 2.88. The van der Waals surface area contributed by atoms with Crippen molar-refractivity contribution in [1.29, 1.82) is 0 Å². The van der Waals surface area contributed by atoms with E-state index >= 15 is 0 Å². The predicted molar refractivity (Wildman–Crippen MR) is 74.6 cm³/mol. The molecule has 3 amide bonds. The summed E-state index contributed by atoms with van der Waals surface area (Å²) >= 11 is 0. The van der Waals surface area contributed by atoms with Gasteiger partial charge in [0.05, 0.1) is 19.3 Å². The van der Waals surface area contributed by atoms with E-state index in [0.29, 0.717) is 32.4 Å². The first-order valence-corrected chi connectivity index (χ1v) is 7.10. The van der Waals surface area contributed by atoms with E-state index in [2.05, 4.69) is 5.32 Å². The zero-order chi connectivity index (χ0) is 15.8.